The van der Waals surface area contributed by atoms with Gasteiger partial charge < -0.3 is 10.6 Å². The second-order valence-corrected chi connectivity index (χ2v) is 4.57. The molecule has 0 aromatic carbocycles. The molecular formula is C12H17N3. The van der Waals surface area contributed by atoms with E-state index in [-0.39, 0.29) is 0 Å². The summed E-state index contributed by atoms with van der Waals surface area (Å²) < 4.78 is 0. The molecule has 1 aromatic heterocycles. The van der Waals surface area contributed by atoms with Gasteiger partial charge >= 0.3 is 0 Å². The molecule has 0 radical (unpaired) electrons. The van der Waals surface area contributed by atoms with Gasteiger partial charge in [0.05, 0.1) is 0 Å². The highest BCUT2D eigenvalue weighted by Gasteiger charge is 2.18. The third kappa shape index (κ3) is 1.84. The van der Waals surface area contributed by atoms with E-state index in [2.05, 4.69) is 22.8 Å². The quantitative estimate of drug-likeness (QED) is 0.758. The summed E-state index contributed by atoms with van der Waals surface area (Å²) in [5.74, 6) is 1.94. The summed E-state index contributed by atoms with van der Waals surface area (Å²) in [6.45, 7) is 3.40. The smallest absolute Gasteiger partial charge is 0.129 e. The lowest BCUT2D eigenvalue weighted by Crippen LogP contribution is -2.43. The highest BCUT2D eigenvalue weighted by Crippen LogP contribution is 2.21. The number of nitrogens with one attached hydrogen (secondary N) is 2. The summed E-state index contributed by atoms with van der Waals surface area (Å²) in [5, 5.41) is 6.69. The van der Waals surface area contributed by atoms with Crippen LogP contribution >= 0.6 is 0 Å². The number of hydrogen-bond acceptors (Lipinski definition) is 3. The number of fused-ring (bicyclic) bond motifs is 1. The molecule has 0 spiro atoms. The van der Waals surface area contributed by atoms with E-state index in [0.29, 0.717) is 0 Å². The van der Waals surface area contributed by atoms with Crippen molar-refractivity contribution in [3.63, 3.8) is 0 Å². The Balaban J connectivity index is 1.77. The van der Waals surface area contributed by atoms with Gasteiger partial charge in [-0.1, -0.05) is 6.07 Å². The number of pyridine rings is 1. The molecule has 1 saturated heterocycles. The second-order valence-electron chi connectivity index (χ2n) is 4.57. The lowest BCUT2D eigenvalue weighted by Gasteiger charge is -2.27. The van der Waals surface area contributed by atoms with E-state index in [1.54, 1.807) is 0 Å². The van der Waals surface area contributed by atoms with Crippen LogP contribution in [0.5, 0.6) is 0 Å². The van der Waals surface area contributed by atoms with Gasteiger partial charge in [0, 0.05) is 12.2 Å². The number of hydrogen-bond donors (Lipinski definition) is 2. The van der Waals surface area contributed by atoms with Crippen molar-refractivity contribution in [2.45, 2.75) is 19.3 Å². The minimum Gasteiger partial charge on any atom is -0.370 e. The molecule has 0 aliphatic carbocycles. The maximum atomic E-state index is 4.70. The zero-order chi connectivity index (χ0) is 10.1. The largest absolute Gasteiger partial charge is 0.370 e. The fourth-order valence-corrected chi connectivity index (χ4v) is 2.27. The predicted octanol–water partition coefficient (Wildman–Crippen LogP) is 1.20. The Hall–Kier alpha value is -1.09. The molecule has 2 aliphatic heterocycles. The van der Waals surface area contributed by atoms with Crippen LogP contribution in [0.2, 0.25) is 0 Å². The van der Waals surface area contributed by atoms with Gasteiger partial charge in [0.1, 0.15) is 5.82 Å². The highest BCUT2D eigenvalue weighted by atomic mass is 15.0. The maximum Gasteiger partial charge on any atom is 0.129 e. The summed E-state index contributed by atoms with van der Waals surface area (Å²) in [5.41, 5.74) is 2.63. The fourth-order valence-electron chi connectivity index (χ4n) is 2.27. The zero-order valence-electron chi connectivity index (χ0n) is 8.92. The number of aromatic nitrogens is 1. The van der Waals surface area contributed by atoms with Gasteiger partial charge in [0.15, 0.2) is 0 Å². The van der Waals surface area contributed by atoms with Crippen molar-refractivity contribution in [3.8, 4) is 0 Å². The van der Waals surface area contributed by atoms with Gasteiger partial charge in [-0.15, -0.1) is 0 Å². The first kappa shape index (κ1) is 9.16. The third-order valence-electron chi connectivity index (χ3n) is 3.32. The molecule has 0 saturated carbocycles. The highest BCUT2D eigenvalue weighted by molar-refractivity contribution is 5.47. The van der Waals surface area contributed by atoms with Gasteiger partial charge in [0.2, 0.25) is 0 Å². The molecule has 2 N–H and O–H groups in total. The van der Waals surface area contributed by atoms with E-state index >= 15 is 0 Å². The number of nitrogens with zero attached hydrogens (tertiary/aromatic N) is 1. The Morgan fingerprint density at radius 1 is 1.33 bits per heavy atom. The average molecular weight is 203 g/mol. The van der Waals surface area contributed by atoms with Crippen molar-refractivity contribution >= 4 is 5.82 Å². The van der Waals surface area contributed by atoms with E-state index in [1.165, 1.54) is 24.1 Å². The molecule has 3 heterocycles. The van der Waals surface area contributed by atoms with Crippen LogP contribution in [0.3, 0.4) is 0 Å². The van der Waals surface area contributed by atoms with Gasteiger partial charge in [-0.2, -0.15) is 0 Å². The molecule has 0 atom stereocenters. The number of anilines is 1. The number of rotatable bonds is 2. The van der Waals surface area contributed by atoms with Crippen molar-refractivity contribution in [2.24, 2.45) is 5.92 Å². The van der Waals surface area contributed by atoms with Crippen molar-refractivity contribution < 1.29 is 0 Å². The van der Waals surface area contributed by atoms with Crippen LogP contribution in [0.15, 0.2) is 12.1 Å². The normalized spacial score (nSPS) is 20.3. The molecule has 0 unspecified atom stereocenters. The molecule has 1 aromatic rings. The molecule has 3 rings (SSSR count). The Morgan fingerprint density at radius 3 is 3.07 bits per heavy atom. The topological polar surface area (TPSA) is 37.0 Å². The average Bonchev–Trinajstić information content (AvgIpc) is 2.23. The number of aryl methyl sites for hydroxylation is 1. The summed E-state index contributed by atoms with van der Waals surface area (Å²) in [6, 6.07) is 4.44. The van der Waals surface area contributed by atoms with E-state index in [1.807, 2.05) is 0 Å². The third-order valence-corrected chi connectivity index (χ3v) is 3.32. The van der Waals surface area contributed by atoms with Crippen molar-refractivity contribution in [1.29, 1.82) is 0 Å². The Kier molecular flexibility index (Phi) is 2.33. The molecule has 3 heteroatoms. The van der Waals surface area contributed by atoms with Crippen LogP contribution in [-0.4, -0.2) is 24.6 Å². The van der Waals surface area contributed by atoms with Crippen LogP contribution in [0.1, 0.15) is 17.7 Å². The van der Waals surface area contributed by atoms with Gasteiger partial charge in [0.25, 0.3) is 0 Å². The van der Waals surface area contributed by atoms with Gasteiger partial charge in [-0.3, -0.25) is 0 Å². The van der Waals surface area contributed by atoms with Crippen LogP contribution in [-0.2, 0) is 12.8 Å². The molecule has 80 valence electrons. The Bertz CT molecular complexity index is 358. The van der Waals surface area contributed by atoms with E-state index in [9.17, 15) is 0 Å². The second kappa shape index (κ2) is 3.81. The molecule has 3 nitrogen and oxygen atoms in total. The minimum atomic E-state index is 0.805. The summed E-state index contributed by atoms with van der Waals surface area (Å²) >= 11 is 0. The van der Waals surface area contributed by atoms with Crippen LogP contribution in [0.4, 0.5) is 5.82 Å². The SMILES string of the molecule is c1cc2c(nc1CC1CNC1)NCCC2. The summed E-state index contributed by atoms with van der Waals surface area (Å²) in [7, 11) is 0. The lowest BCUT2D eigenvalue weighted by atomic mass is 9.96. The van der Waals surface area contributed by atoms with E-state index in [4.69, 9.17) is 4.98 Å². The van der Waals surface area contributed by atoms with Crippen molar-refractivity contribution in [3.05, 3.63) is 23.4 Å². The standard InChI is InChI=1S/C12H17N3/c1-2-10-3-4-11(6-9-7-13-8-9)15-12(10)14-5-1/h3-4,9,13H,1-2,5-8H2,(H,14,15). The predicted molar refractivity (Wildman–Crippen MR) is 61.1 cm³/mol. The zero-order valence-corrected chi connectivity index (χ0v) is 8.92. The van der Waals surface area contributed by atoms with Gasteiger partial charge in [-0.05, 0) is 49.9 Å². The maximum absolute atomic E-state index is 4.70. The summed E-state index contributed by atoms with van der Waals surface area (Å²) in [6.07, 6.45) is 3.54. The van der Waals surface area contributed by atoms with Gasteiger partial charge in [-0.25, -0.2) is 4.98 Å². The minimum absolute atomic E-state index is 0.805. The molecule has 0 amide bonds. The molecule has 1 fully saturated rings. The summed E-state index contributed by atoms with van der Waals surface area (Å²) in [4.78, 5) is 4.70. The van der Waals surface area contributed by atoms with Crippen molar-refractivity contribution in [2.75, 3.05) is 25.0 Å². The van der Waals surface area contributed by atoms with Crippen LogP contribution < -0.4 is 10.6 Å². The van der Waals surface area contributed by atoms with Crippen LogP contribution in [0, 0.1) is 5.92 Å². The van der Waals surface area contributed by atoms with E-state index < -0.39 is 0 Å². The van der Waals surface area contributed by atoms with Crippen molar-refractivity contribution in [1.82, 2.24) is 10.3 Å². The first-order valence-electron chi connectivity index (χ1n) is 5.85. The monoisotopic (exact) mass is 203 g/mol. The van der Waals surface area contributed by atoms with Crippen LogP contribution in [0.25, 0.3) is 0 Å². The molecule has 15 heavy (non-hydrogen) atoms. The fraction of sp³-hybridized carbons (Fsp3) is 0.583. The first-order chi connectivity index (χ1) is 7.42. The molecule has 2 aliphatic rings. The van der Waals surface area contributed by atoms with E-state index in [0.717, 1.165) is 37.8 Å². The first-order valence-corrected chi connectivity index (χ1v) is 5.85. The Labute approximate surface area is 90.3 Å². The Morgan fingerprint density at radius 2 is 2.27 bits per heavy atom. The molecule has 0 bridgehead atoms. The lowest BCUT2D eigenvalue weighted by molar-refractivity contribution is 0.344. The molecular weight excluding hydrogens is 186 g/mol.